The molecule has 0 fully saturated rings. The SMILES string of the molecule is O=S(=O)(O)c1ccccccccc1. The molecule has 0 unspecified atom stereocenters. The van der Waals surface area contributed by atoms with Gasteiger partial charge in [-0.1, -0.05) is 42.5 Å². The zero-order valence-electron chi connectivity index (χ0n) is 7.37. The molecule has 4 heteroatoms. The Kier molecular flexibility index (Phi) is 3.62. The van der Waals surface area contributed by atoms with Gasteiger partial charge in [-0.05, 0) is 12.1 Å². The van der Waals surface area contributed by atoms with Crippen LogP contribution < -0.4 is 0 Å². The topological polar surface area (TPSA) is 54.4 Å². The average Bonchev–Trinajstić information content (AvgIpc) is 2.12. The Hall–Kier alpha value is -1.39. The lowest BCUT2D eigenvalue weighted by molar-refractivity contribution is 0.483. The quantitative estimate of drug-likeness (QED) is 0.722. The largest absolute Gasteiger partial charge is 0.294 e. The molecule has 1 aromatic carbocycles. The van der Waals surface area contributed by atoms with Crippen molar-refractivity contribution >= 4 is 10.1 Å². The van der Waals surface area contributed by atoms with Crippen LogP contribution in [0.1, 0.15) is 0 Å². The van der Waals surface area contributed by atoms with E-state index in [4.69, 9.17) is 4.55 Å². The summed E-state index contributed by atoms with van der Waals surface area (Å²) in [5, 5.41) is 0. The first-order valence-corrected chi connectivity index (χ1v) is 5.40. The van der Waals surface area contributed by atoms with Crippen molar-refractivity contribution in [3.63, 3.8) is 0 Å². The van der Waals surface area contributed by atoms with Crippen molar-refractivity contribution in [2.45, 2.75) is 4.90 Å². The van der Waals surface area contributed by atoms with Gasteiger partial charge in [0.1, 0.15) is 0 Å². The maximum Gasteiger partial charge on any atom is 0.294 e. The molecule has 0 heterocycles. The van der Waals surface area contributed by atoms with Crippen molar-refractivity contribution in [1.82, 2.24) is 0 Å². The van der Waals surface area contributed by atoms with E-state index in [1.807, 2.05) is 6.07 Å². The highest BCUT2D eigenvalue weighted by atomic mass is 32.2. The predicted octanol–water partition coefficient (Wildman–Crippen LogP) is 2.06. The molecule has 0 amide bonds. The van der Waals surface area contributed by atoms with Gasteiger partial charge in [0.15, 0.2) is 0 Å². The highest BCUT2D eigenvalue weighted by Gasteiger charge is 2.04. The summed E-state index contributed by atoms with van der Waals surface area (Å²) in [5.41, 5.74) is 0. The molecule has 0 aliphatic carbocycles. The summed E-state index contributed by atoms with van der Waals surface area (Å²) in [5.74, 6) is 0. The summed E-state index contributed by atoms with van der Waals surface area (Å²) in [4.78, 5) is -0.131. The monoisotopic (exact) mass is 210 g/mol. The third kappa shape index (κ3) is 3.55. The fourth-order valence-electron chi connectivity index (χ4n) is 0.849. The van der Waals surface area contributed by atoms with Crippen molar-refractivity contribution in [3.05, 3.63) is 54.6 Å². The smallest absolute Gasteiger partial charge is 0.282 e. The van der Waals surface area contributed by atoms with Crippen LogP contribution in [0.4, 0.5) is 0 Å². The molecule has 3 nitrogen and oxygen atoms in total. The fourth-order valence-corrected chi connectivity index (χ4v) is 1.35. The Bertz CT molecular complexity index is 426. The van der Waals surface area contributed by atoms with E-state index in [0.29, 0.717) is 0 Å². The van der Waals surface area contributed by atoms with Gasteiger partial charge in [0.05, 0.1) is 4.90 Å². The molecule has 1 N–H and O–H groups in total. The van der Waals surface area contributed by atoms with Crippen molar-refractivity contribution in [1.29, 1.82) is 0 Å². The van der Waals surface area contributed by atoms with Crippen LogP contribution in [-0.2, 0) is 10.1 Å². The van der Waals surface area contributed by atoms with Crippen molar-refractivity contribution in [3.8, 4) is 0 Å². The Morgan fingerprint density at radius 1 is 0.786 bits per heavy atom. The van der Waals surface area contributed by atoms with Gasteiger partial charge in [-0.3, -0.25) is 4.55 Å². The number of hydrogen-bond donors (Lipinski definition) is 1. The highest BCUT2D eigenvalue weighted by Crippen LogP contribution is 2.03. The minimum absolute atomic E-state index is 0.131. The van der Waals surface area contributed by atoms with Crippen LogP contribution in [0.2, 0.25) is 0 Å². The van der Waals surface area contributed by atoms with Gasteiger partial charge in [-0.15, -0.1) is 0 Å². The van der Waals surface area contributed by atoms with Gasteiger partial charge in [-0.2, -0.15) is 8.42 Å². The maximum atomic E-state index is 10.8. The molecule has 74 valence electrons. The second-order valence-electron chi connectivity index (χ2n) is 2.56. The van der Waals surface area contributed by atoms with Gasteiger partial charge in [-0.25, -0.2) is 0 Å². The van der Waals surface area contributed by atoms with E-state index in [-0.39, 0.29) is 4.90 Å². The molecule has 1 aromatic rings. The Labute approximate surface area is 83.1 Å². The lowest BCUT2D eigenvalue weighted by Crippen LogP contribution is -1.95. The molecule has 0 bridgehead atoms. The van der Waals surface area contributed by atoms with Crippen LogP contribution in [0.3, 0.4) is 0 Å². The van der Waals surface area contributed by atoms with E-state index in [2.05, 4.69) is 0 Å². The molecule has 0 saturated heterocycles. The minimum Gasteiger partial charge on any atom is -0.282 e. The zero-order valence-corrected chi connectivity index (χ0v) is 8.18. The first-order valence-electron chi connectivity index (χ1n) is 3.96. The summed E-state index contributed by atoms with van der Waals surface area (Å²) in [6.45, 7) is 0. The third-order valence-corrected chi connectivity index (χ3v) is 2.35. The molecule has 1 rings (SSSR count). The highest BCUT2D eigenvalue weighted by molar-refractivity contribution is 7.85. The first-order chi connectivity index (χ1) is 6.61. The van der Waals surface area contributed by atoms with E-state index in [0.717, 1.165) is 0 Å². The Morgan fingerprint density at radius 2 is 1.14 bits per heavy atom. The second kappa shape index (κ2) is 4.74. The summed E-state index contributed by atoms with van der Waals surface area (Å²) in [7, 11) is -4.13. The van der Waals surface area contributed by atoms with Crippen molar-refractivity contribution in [2.24, 2.45) is 0 Å². The van der Waals surface area contributed by atoms with Crippen LogP contribution in [0.25, 0.3) is 0 Å². The van der Waals surface area contributed by atoms with Gasteiger partial charge in [0, 0.05) is 0 Å². The zero-order chi connectivity index (χ0) is 10.4. The summed E-state index contributed by atoms with van der Waals surface area (Å²) >= 11 is 0. The van der Waals surface area contributed by atoms with Crippen LogP contribution in [-0.4, -0.2) is 13.0 Å². The van der Waals surface area contributed by atoms with E-state index in [9.17, 15) is 8.42 Å². The summed E-state index contributed by atoms with van der Waals surface area (Å²) in [6, 6.07) is 14.4. The van der Waals surface area contributed by atoms with Crippen LogP contribution >= 0.6 is 0 Å². The number of hydrogen-bond acceptors (Lipinski definition) is 2. The van der Waals surface area contributed by atoms with Gasteiger partial charge in [0.25, 0.3) is 10.1 Å². The van der Waals surface area contributed by atoms with Crippen LogP contribution in [0.15, 0.2) is 59.5 Å². The molecule has 0 spiro atoms. The van der Waals surface area contributed by atoms with E-state index in [1.165, 1.54) is 12.1 Å². The maximum absolute atomic E-state index is 10.8. The van der Waals surface area contributed by atoms with E-state index < -0.39 is 10.1 Å². The van der Waals surface area contributed by atoms with Gasteiger partial charge < -0.3 is 0 Å². The summed E-state index contributed by atoms with van der Waals surface area (Å²) < 4.78 is 30.4. The standard InChI is InChI=1S/C10H10O3S/c11-14(12,13)10-8-6-4-2-1-3-5-7-9-10/h1-9H,(H,11,12,13). The molecule has 0 saturated carbocycles. The molecular weight excluding hydrogens is 200 g/mol. The predicted molar refractivity (Wildman–Crippen MR) is 53.9 cm³/mol. The summed E-state index contributed by atoms with van der Waals surface area (Å²) in [6.07, 6.45) is 0. The third-order valence-electron chi connectivity index (χ3n) is 1.49. The van der Waals surface area contributed by atoms with E-state index >= 15 is 0 Å². The van der Waals surface area contributed by atoms with Gasteiger partial charge >= 0.3 is 0 Å². The normalized spacial score (nSPS) is 10.4. The first kappa shape index (κ1) is 10.7. The van der Waals surface area contributed by atoms with E-state index in [1.54, 1.807) is 36.4 Å². The van der Waals surface area contributed by atoms with Crippen molar-refractivity contribution in [2.75, 3.05) is 0 Å². The molecule has 0 aliphatic rings. The molecule has 14 heavy (non-hydrogen) atoms. The average molecular weight is 210 g/mol. The fraction of sp³-hybridized carbons (Fsp3) is 0. The lowest BCUT2D eigenvalue weighted by Gasteiger charge is -1.90. The molecule has 0 atom stereocenters. The lowest BCUT2D eigenvalue weighted by atomic mass is 10.4. The van der Waals surface area contributed by atoms with Gasteiger partial charge in [0.2, 0.25) is 0 Å². The second-order valence-corrected chi connectivity index (χ2v) is 3.98. The number of rotatable bonds is 1. The van der Waals surface area contributed by atoms with Crippen LogP contribution in [0, 0.1) is 0 Å². The molecular formula is C10H10O3S. The molecule has 0 radical (unpaired) electrons. The Balaban J connectivity index is 3.35. The van der Waals surface area contributed by atoms with Crippen molar-refractivity contribution < 1.29 is 13.0 Å². The van der Waals surface area contributed by atoms with Crippen LogP contribution in [0.5, 0.6) is 0 Å². The minimum atomic E-state index is -4.13. The molecule has 0 aliphatic heterocycles. The molecule has 0 aromatic heterocycles. The Morgan fingerprint density at radius 3 is 1.50 bits per heavy atom.